The Balaban J connectivity index is 2.22. The van der Waals surface area contributed by atoms with Crippen LogP contribution < -0.4 is 15.2 Å². The molecule has 0 aliphatic rings. The van der Waals surface area contributed by atoms with Crippen LogP contribution in [0, 0.1) is 17.1 Å². The lowest BCUT2D eigenvalue weighted by atomic mass is 10.1. The van der Waals surface area contributed by atoms with Crippen molar-refractivity contribution in [1.82, 2.24) is 0 Å². The lowest BCUT2D eigenvalue weighted by Gasteiger charge is -2.14. The Morgan fingerprint density at radius 3 is 2.67 bits per heavy atom. The normalized spacial score (nSPS) is 10.0. The van der Waals surface area contributed by atoms with Crippen molar-refractivity contribution >= 4 is 0 Å². The van der Waals surface area contributed by atoms with E-state index in [1.54, 1.807) is 12.1 Å². The molecule has 0 heterocycles. The van der Waals surface area contributed by atoms with Gasteiger partial charge in [0.1, 0.15) is 12.4 Å². The third-order valence-electron chi connectivity index (χ3n) is 3.05. The van der Waals surface area contributed by atoms with Crippen LogP contribution in [0.1, 0.15) is 16.7 Å². The number of hydrogen-bond donors (Lipinski definition) is 1. The maximum Gasteiger partial charge on any atom is 0.166 e. The number of nitrogens with zero attached hydrogens (tertiary/aromatic N) is 1. The number of nitriles is 1. The molecule has 2 rings (SSSR count). The van der Waals surface area contributed by atoms with Gasteiger partial charge in [0.25, 0.3) is 0 Å². The van der Waals surface area contributed by atoms with Crippen molar-refractivity contribution in [2.24, 2.45) is 5.73 Å². The summed E-state index contributed by atoms with van der Waals surface area (Å²) in [6, 6.07) is 11.6. The van der Waals surface area contributed by atoms with Crippen LogP contribution in [-0.4, -0.2) is 7.11 Å². The molecule has 0 fully saturated rings. The summed E-state index contributed by atoms with van der Waals surface area (Å²) in [6.07, 6.45) is 0. The minimum atomic E-state index is -0.474. The summed E-state index contributed by atoms with van der Waals surface area (Å²) in [7, 11) is 1.53. The van der Waals surface area contributed by atoms with Crippen LogP contribution in [0.3, 0.4) is 0 Å². The first-order valence-corrected chi connectivity index (χ1v) is 6.37. The van der Waals surface area contributed by atoms with Gasteiger partial charge in [-0.05, 0) is 18.2 Å². The smallest absolute Gasteiger partial charge is 0.166 e. The number of para-hydroxylation sites is 1. The van der Waals surface area contributed by atoms with Crippen LogP contribution >= 0.6 is 0 Å². The van der Waals surface area contributed by atoms with E-state index < -0.39 is 5.82 Å². The number of benzene rings is 2. The molecule has 0 aliphatic carbocycles. The summed E-state index contributed by atoms with van der Waals surface area (Å²) in [5.74, 6) is 0.580. The summed E-state index contributed by atoms with van der Waals surface area (Å²) in [5.41, 5.74) is 7.08. The molecule has 0 atom stereocenters. The first-order valence-electron chi connectivity index (χ1n) is 6.37. The first-order chi connectivity index (χ1) is 10.2. The number of hydrogen-bond acceptors (Lipinski definition) is 4. The van der Waals surface area contributed by atoms with Crippen LogP contribution in [-0.2, 0) is 13.2 Å². The molecule has 0 saturated carbocycles. The van der Waals surface area contributed by atoms with Gasteiger partial charge in [-0.3, -0.25) is 0 Å². The second-order valence-electron chi connectivity index (χ2n) is 4.36. The topological polar surface area (TPSA) is 68.3 Å². The molecule has 0 aromatic heterocycles. The van der Waals surface area contributed by atoms with Crippen molar-refractivity contribution in [3.8, 4) is 17.6 Å². The van der Waals surface area contributed by atoms with E-state index in [4.69, 9.17) is 20.5 Å². The van der Waals surface area contributed by atoms with Crippen molar-refractivity contribution in [2.75, 3.05) is 7.11 Å². The Morgan fingerprint density at radius 2 is 2.05 bits per heavy atom. The summed E-state index contributed by atoms with van der Waals surface area (Å²) in [5, 5.41) is 8.72. The minimum Gasteiger partial charge on any atom is -0.493 e. The molecule has 2 aromatic rings. The molecule has 21 heavy (non-hydrogen) atoms. The zero-order chi connectivity index (χ0) is 15.2. The molecule has 0 aliphatic heterocycles. The Hall–Kier alpha value is -2.58. The minimum absolute atomic E-state index is 0.0327. The van der Waals surface area contributed by atoms with E-state index in [1.165, 1.54) is 19.2 Å². The Labute approximate surface area is 122 Å². The van der Waals surface area contributed by atoms with Crippen molar-refractivity contribution in [1.29, 1.82) is 5.26 Å². The van der Waals surface area contributed by atoms with E-state index >= 15 is 0 Å². The van der Waals surface area contributed by atoms with E-state index in [9.17, 15) is 4.39 Å². The van der Waals surface area contributed by atoms with Gasteiger partial charge in [-0.15, -0.1) is 0 Å². The van der Waals surface area contributed by atoms with Gasteiger partial charge in [-0.1, -0.05) is 18.2 Å². The van der Waals surface area contributed by atoms with Crippen molar-refractivity contribution in [2.45, 2.75) is 13.2 Å². The van der Waals surface area contributed by atoms with Crippen LogP contribution in [0.2, 0.25) is 0 Å². The zero-order valence-electron chi connectivity index (χ0n) is 11.6. The van der Waals surface area contributed by atoms with E-state index in [2.05, 4.69) is 0 Å². The Kier molecular flexibility index (Phi) is 4.75. The molecule has 2 aromatic carbocycles. The van der Waals surface area contributed by atoms with Gasteiger partial charge >= 0.3 is 0 Å². The third-order valence-corrected chi connectivity index (χ3v) is 3.05. The van der Waals surface area contributed by atoms with Crippen LogP contribution in [0.25, 0.3) is 0 Å². The predicted octanol–water partition coefficient (Wildman–Crippen LogP) is 2.74. The highest BCUT2D eigenvalue weighted by Crippen LogP contribution is 2.31. The standard InChI is InChI=1S/C16H15FN2O2/c1-20-15-4-2-3-12(9-19)16(15)21-10-13-6-5-11(8-18)7-14(13)17/h2-7H,9-10,19H2,1H3. The van der Waals surface area contributed by atoms with Crippen LogP contribution in [0.4, 0.5) is 4.39 Å². The van der Waals surface area contributed by atoms with Gasteiger partial charge in [0.05, 0.1) is 18.7 Å². The maximum absolute atomic E-state index is 13.8. The van der Waals surface area contributed by atoms with Gasteiger partial charge < -0.3 is 15.2 Å². The van der Waals surface area contributed by atoms with E-state index in [1.807, 2.05) is 18.2 Å². The predicted molar refractivity (Wildman–Crippen MR) is 76.3 cm³/mol. The number of nitrogens with two attached hydrogens (primary N) is 1. The second-order valence-corrected chi connectivity index (χ2v) is 4.36. The Bertz CT molecular complexity index is 658. The molecule has 108 valence electrons. The van der Waals surface area contributed by atoms with E-state index in [0.717, 1.165) is 5.56 Å². The van der Waals surface area contributed by atoms with Crippen molar-refractivity contribution < 1.29 is 13.9 Å². The highest BCUT2D eigenvalue weighted by atomic mass is 19.1. The average Bonchev–Trinajstić information content (AvgIpc) is 2.53. The quantitative estimate of drug-likeness (QED) is 0.917. The molecule has 2 N–H and O–H groups in total. The molecule has 0 amide bonds. The summed E-state index contributed by atoms with van der Waals surface area (Å²) in [6.45, 7) is 0.327. The monoisotopic (exact) mass is 286 g/mol. The maximum atomic E-state index is 13.8. The Morgan fingerprint density at radius 1 is 1.24 bits per heavy atom. The van der Waals surface area contributed by atoms with E-state index in [-0.39, 0.29) is 12.2 Å². The van der Waals surface area contributed by atoms with Gasteiger partial charge in [0.15, 0.2) is 11.5 Å². The second kappa shape index (κ2) is 6.73. The number of halogens is 1. The number of rotatable bonds is 5. The largest absolute Gasteiger partial charge is 0.493 e. The molecule has 5 heteroatoms. The molecule has 4 nitrogen and oxygen atoms in total. The molecule has 0 bridgehead atoms. The molecule has 0 saturated heterocycles. The fourth-order valence-electron chi connectivity index (χ4n) is 1.93. The van der Waals surface area contributed by atoms with Crippen LogP contribution in [0.15, 0.2) is 36.4 Å². The summed E-state index contributed by atoms with van der Waals surface area (Å²) in [4.78, 5) is 0. The fraction of sp³-hybridized carbons (Fsp3) is 0.188. The van der Waals surface area contributed by atoms with Gasteiger partial charge in [-0.25, -0.2) is 4.39 Å². The molecule has 0 unspecified atom stereocenters. The van der Waals surface area contributed by atoms with Crippen LogP contribution in [0.5, 0.6) is 11.5 Å². The number of methoxy groups -OCH3 is 1. The van der Waals surface area contributed by atoms with Gasteiger partial charge in [-0.2, -0.15) is 5.26 Å². The zero-order valence-corrected chi connectivity index (χ0v) is 11.6. The van der Waals surface area contributed by atoms with Crippen molar-refractivity contribution in [3.63, 3.8) is 0 Å². The molecular formula is C16H15FN2O2. The SMILES string of the molecule is COc1cccc(CN)c1OCc1ccc(C#N)cc1F. The average molecular weight is 286 g/mol. The first kappa shape index (κ1) is 14.8. The summed E-state index contributed by atoms with van der Waals surface area (Å²) < 4.78 is 24.7. The van der Waals surface area contributed by atoms with E-state index in [0.29, 0.717) is 23.6 Å². The molecule has 0 radical (unpaired) electrons. The highest BCUT2D eigenvalue weighted by molar-refractivity contribution is 5.46. The third kappa shape index (κ3) is 3.30. The van der Waals surface area contributed by atoms with Crippen molar-refractivity contribution in [3.05, 3.63) is 58.9 Å². The lowest BCUT2D eigenvalue weighted by Crippen LogP contribution is -2.05. The highest BCUT2D eigenvalue weighted by Gasteiger charge is 2.11. The summed E-state index contributed by atoms with van der Waals surface area (Å²) >= 11 is 0. The fourth-order valence-corrected chi connectivity index (χ4v) is 1.93. The molecule has 0 spiro atoms. The molecular weight excluding hydrogens is 271 g/mol. The van der Waals surface area contributed by atoms with Gasteiger partial charge in [0, 0.05) is 17.7 Å². The number of ether oxygens (including phenoxy) is 2. The van der Waals surface area contributed by atoms with Gasteiger partial charge in [0.2, 0.25) is 0 Å². The lowest BCUT2D eigenvalue weighted by molar-refractivity contribution is 0.277.